The van der Waals surface area contributed by atoms with Crippen molar-refractivity contribution in [1.29, 1.82) is 0 Å². The molecule has 0 saturated carbocycles. The van der Waals surface area contributed by atoms with Crippen LogP contribution >= 0.6 is 11.6 Å². The van der Waals surface area contributed by atoms with Gasteiger partial charge in [-0.05, 0) is 23.6 Å². The quantitative estimate of drug-likeness (QED) is 0.748. The molecular formula is C12H18ClNO2. The van der Waals surface area contributed by atoms with Gasteiger partial charge < -0.3 is 15.9 Å². The van der Waals surface area contributed by atoms with E-state index in [1.807, 2.05) is 20.8 Å². The van der Waals surface area contributed by atoms with Crippen molar-refractivity contribution in [2.45, 2.75) is 32.9 Å². The van der Waals surface area contributed by atoms with E-state index in [1.165, 1.54) is 6.07 Å². The van der Waals surface area contributed by atoms with Crippen LogP contribution in [0.15, 0.2) is 18.2 Å². The number of benzene rings is 1. The fourth-order valence-electron chi connectivity index (χ4n) is 1.50. The van der Waals surface area contributed by atoms with Gasteiger partial charge in [0.15, 0.2) is 0 Å². The number of rotatable bonds is 2. The molecule has 3 nitrogen and oxygen atoms in total. The molecule has 2 atom stereocenters. The highest BCUT2D eigenvalue weighted by Gasteiger charge is 2.30. The number of halogens is 1. The Labute approximate surface area is 101 Å². The standard InChI is InChI=1S/C12H18ClNO2/c1-12(2,3)11(16)10(14)8-6-7(13)4-5-9(8)15/h4-6,10-11,15-16H,14H2,1-3H3/t10-,11-/m1/s1. The SMILES string of the molecule is CC(C)(C)[C@H](O)[C@H](N)c1cc(Cl)ccc1O. The predicted molar refractivity (Wildman–Crippen MR) is 65.5 cm³/mol. The van der Waals surface area contributed by atoms with E-state index in [1.54, 1.807) is 12.1 Å². The summed E-state index contributed by atoms with van der Waals surface area (Å²) < 4.78 is 0. The van der Waals surface area contributed by atoms with Crippen molar-refractivity contribution in [2.24, 2.45) is 11.1 Å². The third-order valence-electron chi connectivity index (χ3n) is 2.58. The third-order valence-corrected chi connectivity index (χ3v) is 2.81. The summed E-state index contributed by atoms with van der Waals surface area (Å²) in [6, 6.07) is 3.98. The molecule has 1 aromatic carbocycles. The second kappa shape index (κ2) is 4.62. The first-order valence-electron chi connectivity index (χ1n) is 5.15. The molecule has 4 heteroatoms. The molecule has 4 N–H and O–H groups in total. The van der Waals surface area contributed by atoms with Crippen LogP contribution in [0.4, 0.5) is 0 Å². The molecule has 90 valence electrons. The maximum atomic E-state index is 10.0. The van der Waals surface area contributed by atoms with Crippen LogP contribution in [0.5, 0.6) is 5.75 Å². The lowest BCUT2D eigenvalue weighted by molar-refractivity contribution is 0.0395. The van der Waals surface area contributed by atoms with Crippen LogP contribution in [0.25, 0.3) is 0 Å². The molecule has 1 aromatic rings. The summed E-state index contributed by atoms with van der Waals surface area (Å²) in [5, 5.41) is 20.2. The minimum atomic E-state index is -0.753. The van der Waals surface area contributed by atoms with E-state index in [-0.39, 0.29) is 11.2 Å². The van der Waals surface area contributed by atoms with Crippen molar-refractivity contribution in [2.75, 3.05) is 0 Å². The number of aliphatic hydroxyl groups is 1. The topological polar surface area (TPSA) is 66.5 Å². The second-order valence-electron chi connectivity index (χ2n) is 5.04. The lowest BCUT2D eigenvalue weighted by atomic mass is 9.82. The summed E-state index contributed by atoms with van der Waals surface area (Å²) in [4.78, 5) is 0. The normalized spacial score (nSPS) is 15.9. The molecule has 0 saturated heterocycles. The Bertz CT molecular complexity index is 374. The Morgan fingerprint density at radius 1 is 1.31 bits per heavy atom. The Hall–Kier alpha value is -0.770. The van der Waals surface area contributed by atoms with Crippen molar-refractivity contribution >= 4 is 11.6 Å². The summed E-state index contributed by atoms with van der Waals surface area (Å²) >= 11 is 5.83. The number of aliphatic hydroxyl groups excluding tert-OH is 1. The van der Waals surface area contributed by atoms with Crippen LogP contribution in [-0.4, -0.2) is 16.3 Å². The number of nitrogens with two attached hydrogens (primary N) is 1. The van der Waals surface area contributed by atoms with E-state index in [0.29, 0.717) is 10.6 Å². The Kier molecular flexibility index (Phi) is 3.84. The van der Waals surface area contributed by atoms with Crippen LogP contribution in [0.1, 0.15) is 32.4 Å². The summed E-state index contributed by atoms with van der Waals surface area (Å²) in [6.07, 6.45) is -0.753. The minimum absolute atomic E-state index is 0.0557. The van der Waals surface area contributed by atoms with E-state index >= 15 is 0 Å². The highest BCUT2D eigenvalue weighted by atomic mass is 35.5. The molecule has 0 aliphatic carbocycles. The molecule has 0 amide bonds. The monoisotopic (exact) mass is 243 g/mol. The van der Waals surface area contributed by atoms with Crippen LogP contribution in [-0.2, 0) is 0 Å². The molecule has 16 heavy (non-hydrogen) atoms. The molecule has 0 aromatic heterocycles. The van der Waals surface area contributed by atoms with Crippen LogP contribution in [0.2, 0.25) is 5.02 Å². The van der Waals surface area contributed by atoms with Crippen molar-refractivity contribution in [3.05, 3.63) is 28.8 Å². The zero-order valence-electron chi connectivity index (χ0n) is 9.74. The van der Waals surface area contributed by atoms with Gasteiger partial charge in [0, 0.05) is 10.6 Å². The lowest BCUT2D eigenvalue weighted by Gasteiger charge is -2.31. The van der Waals surface area contributed by atoms with Crippen molar-refractivity contribution in [3.8, 4) is 5.75 Å². The van der Waals surface area contributed by atoms with Gasteiger partial charge in [-0.2, -0.15) is 0 Å². The molecule has 0 fully saturated rings. The molecule has 0 aliphatic heterocycles. The first-order valence-corrected chi connectivity index (χ1v) is 5.53. The number of hydrogen-bond donors (Lipinski definition) is 3. The largest absolute Gasteiger partial charge is 0.508 e. The molecule has 0 heterocycles. The zero-order valence-corrected chi connectivity index (χ0v) is 10.5. The van der Waals surface area contributed by atoms with E-state index < -0.39 is 12.1 Å². The Balaban J connectivity index is 3.05. The third kappa shape index (κ3) is 2.88. The Morgan fingerprint density at radius 2 is 1.88 bits per heavy atom. The zero-order chi connectivity index (χ0) is 12.5. The van der Waals surface area contributed by atoms with Crippen LogP contribution in [0, 0.1) is 5.41 Å². The smallest absolute Gasteiger partial charge is 0.120 e. The summed E-state index contributed by atoms with van der Waals surface area (Å²) in [6.45, 7) is 5.66. The van der Waals surface area contributed by atoms with Crippen molar-refractivity contribution in [3.63, 3.8) is 0 Å². The fraction of sp³-hybridized carbons (Fsp3) is 0.500. The average molecular weight is 244 g/mol. The average Bonchev–Trinajstić information content (AvgIpc) is 2.18. The number of aromatic hydroxyl groups is 1. The highest BCUT2D eigenvalue weighted by Crippen LogP contribution is 2.33. The molecule has 0 radical (unpaired) electrons. The van der Waals surface area contributed by atoms with Crippen molar-refractivity contribution < 1.29 is 10.2 Å². The lowest BCUT2D eigenvalue weighted by Crippen LogP contribution is -2.37. The molecule has 0 spiro atoms. The van der Waals surface area contributed by atoms with Gasteiger partial charge in [0.1, 0.15) is 5.75 Å². The molecule has 1 rings (SSSR count). The van der Waals surface area contributed by atoms with Gasteiger partial charge in [-0.3, -0.25) is 0 Å². The summed E-state index contributed by atoms with van der Waals surface area (Å²) in [7, 11) is 0. The molecule has 0 aliphatic rings. The molecule has 0 unspecified atom stereocenters. The number of hydrogen-bond acceptors (Lipinski definition) is 3. The minimum Gasteiger partial charge on any atom is -0.508 e. The van der Waals surface area contributed by atoms with E-state index in [4.69, 9.17) is 17.3 Å². The van der Waals surface area contributed by atoms with E-state index in [0.717, 1.165) is 0 Å². The van der Waals surface area contributed by atoms with Crippen LogP contribution < -0.4 is 5.73 Å². The fourth-order valence-corrected chi connectivity index (χ4v) is 1.68. The highest BCUT2D eigenvalue weighted by molar-refractivity contribution is 6.30. The first-order chi connectivity index (χ1) is 7.23. The van der Waals surface area contributed by atoms with Gasteiger partial charge in [-0.15, -0.1) is 0 Å². The van der Waals surface area contributed by atoms with Gasteiger partial charge in [0.05, 0.1) is 12.1 Å². The maximum Gasteiger partial charge on any atom is 0.120 e. The van der Waals surface area contributed by atoms with E-state index in [2.05, 4.69) is 0 Å². The molecule has 0 bridgehead atoms. The summed E-state index contributed by atoms with van der Waals surface area (Å²) in [5.41, 5.74) is 6.04. The molecular weight excluding hydrogens is 226 g/mol. The van der Waals surface area contributed by atoms with Gasteiger partial charge in [0.25, 0.3) is 0 Å². The maximum absolute atomic E-state index is 10.0. The first kappa shape index (κ1) is 13.3. The van der Waals surface area contributed by atoms with Gasteiger partial charge >= 0.3 is 0 Å². The van der Waals surface area contributed by atoms with Gasteiger partial charge in [-0.1, -0.05) is 32.4 Å². The number of phenols is 1. The van der Waals surface area contributed by atoms with Crippen molar-refractivity contribution in [1.82, 2.24) is 0 Å². The second-order valence-corrected chi connectivity index (χ2v) is 5.48. The Morgan fingerprint density at radius 3 is 2.38 bits per heavy atom. The van der Waals surface area contributed by atoms with Gasteiger partial charge in [-0.25, -0.2) is 0 Å². The van der Waals surface area contributed by atoms with E-state index in [9.17, 15) is 10.2 Å². The van der Waals surface area contributed by atoms with Gasteiger partial charge in [0.2, 0.25) is 0 Å². The number of phenolic OH excluding ortho intramolecular Hbond substituents is 1. The predicted octanol–water partition coefficient (Wildman–Crippen LogP) is 2.45. The summed E-state index contributed by atoms with van der Waals surface area (Å²) in [5.74, 6) is 0.0557. The van der Waals surface area contributed by atoms with Crippen LogP contribution in [0.3, 0.4) is 0 Å².